The number of carbonyl (C=O) groups is 1. The van der Waals surface area contributed by atoms with Crippen LogP contribution in [0.1, 0.15) is 34.3 Å². The Morgan fingerprint density at radius 1 is 0.750 bits per heavy atom. The molecule has 1 aliphatic heterocycles. The lowest BCUT2D eigenvalue weighted by atomic mass is 9.55. The molecule has 0 unspecified atom stereocenters. The Morgan fingerprint density at radius 3 is 1.81 bits per heavy atom. The van der Waals surface area contributed by atoms with Crippen molar-refractivity contribution in [1.82, 2.24) is 4.31 Å². The Balaban J connectivity index is 1.53. The molecule has 164 valence electrons. The average molecular weight is 446 g/mol. The summed E-state index contributed by atoms with van der Waals surface area (Å²) in [7, 11) is 0. The van der Waals surface area contributed by atoms with Crippen LogP contribution in [0.25, 0.3) is 0 Å². The van der Waals surface area contributed by atoms with E-state index in [2.05, 4.69) is 48.5 Å². The van der Waals surface area contributed by atoms with E-state index in [1.165, 1.54) is 23.1 Å². The van der Waals surface area contributed by atoms with Gasteiger partial charge in [-0.25, -0.2) is 4.31 Å². The van der Waals surface area contributed by atoms with E-state index in [9.17, 15) is 15.0 Å². The second-order valence-electron chi connectivity index (χ2n) is 8.89. The van der Waals surface area contributed by atoms with Gasteiger partial charge in [-0.3, -0.25) is 4.79 Å². The van der Waals surface area contributed by atoms with Crippen molar-refractivity contribution in [3.63, 3.8) is 0 Å². The molecule has 1 heterocycles. The first kappa shape index (κ1) is 21.4. The second-order valence-corrected chi connectivity index (χ2v) is 9.96. The van der Waals surface area contributed by atoms with Gasteiger partial charge in [-0.1, -0.05) is 91.0 Å². The summed E-state index contributed by atoms with van der Waals surface area (Å²) in [6, 6.07) is 30.1. The van der Waals surface area contributed by atoms with Gasteiger partial charge in [-0.15, -0.1) is 0 Å². The maximum absolute atomic E-state index is 12.9. The van der Waals surface area contributed by atoms with E-state index in [0.717, 1.165) is 0 Å². The molecule has 2 N–H and O–H groups in total. The van der Waals surface area contributed by atoms with Crippen molar-refractivity contribution in [3.8, 4) is 0 Å². The molecular weight excluding hydrogens is 418 g/mol. The quantitative estimate of drug-likeness (QED) is 0.458. The maximum Gasteiger partial charge on any atom is 0.234 e. The summed E-state index contributed by atoms with van der Waals surface area (Å²) in [6.07, 6.45) is 0.934. The second kappa shape index (κ2) is 8.49. The molecule has 1 saturated carbocycles. The van der Waals surface area contributed by atoms with Crippen molar-refractivity contribution >= 4 is 17.1 Å². The molecule has 2 atom stereocenters. The van der Waals surface area contributed by atoms with Crippen LogP contribution in [0.4, 0.5) is 0 Å². The third kappa shape index (κ3) is 3.69. The van der Waals surface area contributed by atoms with E-state index in [1.807, 2.05) is 46.8 Å². The maximum atomic E-state index is 12.9. The molecule has 5 heteroatoms. The lowest BCUT2D eigenvalue weighted by molar-refractivity contribution is -0.230. The van der Waals surface area contributed by atoms with E-state index in [-0.39, 0.29) is 22.4 Å². The largest absolute Gasteiger partial charge is 0.365 e. The fourth-order valence-electron chi connectivity index (χ4n) is 5.66. The van der Waals surface area contributed by atoms with Crippen molar-refractivity contribution in [2.75, 3.05) is 13.1 Å². The van der Waals surface area contributed by atoms with Crippen LogP contribution in [0.3, 0.4) is 0 Å². The molecule has 1 saturated heterocycles. The molecule has 5 rings (SSSR count). The number of carbonyl (C=O) groups excluding carboxylic acids is 1. The predicted octanol–water partition coefficient (Wildman–Crippen LogP) is 4.48. The molecule has 3 aromatic carbocycles. The number of rotatable bonds is 4. The first-order valence-electron chi connectivity index (χ1n) is 11.1. The summed E-state index contributed by atoms with van der Waals surface area (Å²) in [5, 5.41) is 21.9. The minimum Gasteiger partial charge on any atom is -0.365 e. The van der Waals surface area contributed by atoms with Crippen LogP contribution in [-0.4, -0.2) is 38.5 Å². The van der Waals surface area contributed by atoms with Gasteiger partial charge >= 0.3 is 0 Å². The third-order valence-corrected chi connectivity index (χ3v) is 8.16. The molecule has 0 aromatic heterocycles. The van der Waals surface area contributed by atoms with Crippen molar-refractivity contribution < 1.29 is 15.0 Å². The lowest BCUT2D eigenvalue weighted by Gasteiger charge is -2.50. The van der Waals surface area contributed by atoms with E-state index in [0.29, 0.717) is 31.5 Å². The van der Waals surface area contributed by atoms with Crippen molar-refractivity contribution in [3.05, 3.63) is 108 Å². The smallest absolute Gasteiger partial charge is 0.234 e. The van der Waals surface area contributed by atoms with Crippen LogP contribution >= 0.6 is 11.9 Å². The molecule has 0 radical (unpaired) electrons. The average Bonchev–Trinajstić information content (AvgIpc) is 3.27. The molecule has 2 fully saturated rings. The van der Waals surface area contributed by atoms with Gasteiger partial charge in [0, 0.05) is 48.4 Å². The molecule has 0 spiro atoms. The zero-order chi connectivity index (χ0) is 22.2. The Labute approximate surface area is 193 Å². The molecular formula is C27H27NO3S. The Hall–Kier alpha value is -2.44. The Bertz CT molecular complexity index is 1030. The zero-order valence-electron chi connectivity index (χ0n) is 17.8. The summed E-state index contributed by atoms with van der Waals surface area (Å²) in [6.45, 7) is 1.07. The molecule has 32 heavy (non-hydrogen) atoms. The summed E-state index contributed by atoms with van der Waals surface area (Å²) in [5.41, 5.74) is 2.70. The summed E-state index contributed by atoms with van der Waals surface area (Å²) in [5.74, 6) is -2.14. The van der Waals surface area contributed by atoms with Gasteiger partial charge in [0.1, 0.15) is 0 Å². The summed E-state index contributed by atoms with van der Waals surface area (Å²) in [4.78, 5) is 12.9. The van der Waals surface area contributed by atoms with E-state index in [4.69, 9.17) is 0 Å². The van der Waals surface area contributed by atoms with Gasteiger partial charge in [-0.2, -0.15) is 0 Å². The van der Waals surface area contributed by atoms with Gasteiger partial charge in [0.15, 0.2) is 5.79 Å². The summed E-state index contributed by atoms with van der Waals surface area (Å²) < 4.78 is 2.03. The topological polar surface area (TPSA) is 60.8 Å². The lowest BCUT2D eigenvalue weighted by Crippen LogP contribution is -2.55. The van der Waals surface area contributed by atoms with Crippen LogP contribution in [0, 0.1) is 11.8 Å². The Morgan fingerprint density at radius 2 is 1.25 bits per heavy atom. The monoisotopic (exact) mass is 445 g/mol. The summed E-state index contributed by atoms with van der Waals surface area (Å²) >= 11 is 1.19. The number of hydrogen-bond donors (Lipinski definition) is 2. The zero-order valence-corrected chi connectivity index (χ0v) is 18.6. The van der Waals surface area contributed by atoms with Gasteiger partial charge in [0.2, 0.25) is 5.12 Å². The fraction of sp³-hybridized carbons (Fsp3) is 0.296. The normalized spacial score (nSPS) is 24.1. The number of nitrogens with zero attached hydrogens (tertiary/aromatic N) is 1. The van der Waals surface area contributed by atoms with Gasteiger partial charge < -0.3 is 10.2 Å². The van der Waals surface area contributed by atoms with Crippen LogP contribution < -0.4 is 0 Å². The molecule has 0 bridgehead atoms. The van der Waals surface area contributed by atoms with Crippen LogP contribution in [0.5, 0.6) is 0 Å². The number of benzene rings is 3. The van der Waals surface area contributed by atoms with Gasteiger partial charge in [0.05, 0.1) is 0 Å². The van der Waals surface area contributed by atoms with Gasteiger partial charge in [-0.05, 0) is 23.5 Å². The van der Waals surface area contributed by atoms with Crippen molar-refractivity contribution in [2.45, 2.75) is 24.0 Å². The number of hydrogen-bond acceptors (Lipinski definition) is 5. The highest BCUT2D eigenvalue weighted by atomic mass is 32.2. The Kier molecular flexibility index (Phi) is 5.68. The van der Waals surface area contributed by atoms with E-state index < -0.39 is 5.79 Å². The first-order chi connectivity index (χ1) is 15.5. The molecule has 2 aliphatic rings. The molecule has 3 aromatic rings. The highest BCUT2D eigenvalue weighted by Crippen LogP contribution is 2.56. The van der Waals surface area contributed by atoms with E-state index >= 15 is 0 Å². The molecule has 0 amide bonds. The molecule has 4 nitrogen and oxygen atoms in total. The van der Waals surface area contributed by atoms with Crippen molar-refractivity contribution in [2.24, 2.45) is 11.8 Å². The predicted molar refractivity (Wildman–Crippen MR) is 127 cm³/mol. The standard InChI is InChI=1S/C27H27NO3S/c29-25(20-10-4-1-5-11-20)32-28-18-23-24(19-28)27(30,31)17-16-26(23,21-12-6-2-7-13-21)22-14-8-3-9-15-22/h1-15,23-24,30-31H,16-19H2/t23-,24+/m1/s1. The minimum atomic E-state index is -1.75. The highest BCUT2D eigenvalue weighted by Gasteiger charge is 2.59. The highest BCUT2D eigenvalue weighted by molar-refractivity contribution is 8.12. The van der Waals surface area contributed by atoms with Gasteiger partial charge in [0.25, 0.3) is 0 Å². The van der Waals surface area contributed by atoms with Crippen LogP contribution in [0.2, 0.25) is 0 Å². The number of fused-ring (bicyclic) bond motifs is 1. The van der Waals surface area contributed by atoms with Crippen LogP contribution in [-0.2, 0) is 5.41 Å². The third-order valence-electron chi connectivity index (χ3n) is 7.20. The van der Waals surface area contributed by atoms with Crippen LogP contribution in [0.15, 0.2) is 91.0 Å². The first-order valence-corrected chi connectivity index (χ1v) is 11.9. The SMILES string of the molecule is O=C(SN1C[C@@H]2[C@H](C1)C(O)(O)CCC2(c1ccccc1)c1ccccc1)c1ccccc1. The van der Waals surface area contributed by atoms with Crippen molar-refractivity contribution in [1.29, 1.82) is 0 Å². The fourth-order valence-corrected chi connectivity index (χ4v) is 6.61. The number of aliphatic hydroxyl groups is 2. The van der Waals surface area contributed by atoms with E-state index in [1.54, 1.807) is 0 Å². The molecule has 1 aliphatic carbocycles. The minimum absolute atomic E-state index is 0.0178.